The molecule has 2 aromatic rings. The third kappa shape index (κ3) is 2.63. The van der Waals surface area contributed by atoms with Crippen LogP contribution >= 0.6 is 0 Å². The molecule has 0 radical (unpaired) electrons. The number of carbonyl (C=O) groups excluding carboxylic acids is 1. The van der Waals surface area contributed by atoms with Crippen LogP contribution < -0.4 is 11.1 Å². The van der Waals surface area contributed by atoms with Crippen molar-refractivity contribution in [2.75, 3.05) is 6.54 Å². The van der Waals surface area contributed by atoms with Gasteiger partial charge in [0.1, 0.15) is 0 Å². The molecular formula is C19H24N4O. The van der Waals surface area contributed by atoms with Crippen LogP contribution in [0, 0.1) is 12.8 Å². The van der Waals surface area contributed by atoms with Gasteiger partial charge in [-0.05, 0) is 56.6 Å². The van der Waals surface area contributed by atoms with Crippen molar-refractivity contribution in [3.05, 3.63) is 46.8 Å². The molecule has 1 heterocycles. The van der Waals surface area contributed by atoms with E-state index in [0.29, 0.717) is 18.2 Å². The quantitative estimate of drug-likeness (QED) is 0.885. The maximum absolute atomic E-state index is 12.8. The molecule has 1 aromatic heterocycles. The Balaban J connectivity index is 1.68. The Morgan fingerprint density at radius 1 is 1.38 bits per heavy atom. The van der Waals surface area contributed by atoms with Gasteiger partial charge in [0.05, 0.1) is 5.69 Å². The summed E-state index contributed by atoms with van der Waals surface area (Å²) in [5.41, 5.74) is 10.9. The van der Waals surface area contributed by atoms with Crippen molar-refractivity contribution in [3.8, 4) is 5.69 Å². The first kappa shape index (κ1) is 15.4. The third-order valence-electron chi connectivity index (χ3n) is 5.25. The largest absolute Gasteiger partial charge is 0.346 e. The SMILES string of the molecule is Cc1ccccc1-n1nc(C(=O)NC(CN)C2CC2)c2c1CCC2. The lowest BCUT2D eigenvalue weighted by Crippen LogP contribution is -2.42. The van der Waals surface area contributed by atoms with E-state index in [9.17, 15) is 4.79 Å². The highest BCUT2D eigenvalue weighted by molar-refractivity contribution is 5.94. The maximum atomic E-state index is 12.8. The first-order valence-corrected chi connectivity index (χ1v) is 8.86. The zero-order valence-corrected chi connectivity index (χ0v) is 14.1. The maximum Gasteiger partial charge on any atom is 0.272 e. The van der Waals surface area contributed by atoms with Crippen molar-refractivity contribution in [1.82, 2.24) is 15.1 Å². The first-order chi connectivity index (χ1) is 11.7. The molecule has 1 amide bonds. The van der Waals surface area contributed by atoms with Crippen LogP contribution in [-0.2, 0) is 12.8 Å². The van der Waals surface area contributed by atoms with E-state index in [1.807, 2.05) is 16.8 Å². The Hall–Kier alpha value is -2.14. The van der Waals surface area contributed by atoms with E-state index in [0.717, 1.165) is 43.4 Å². The number of aryl methyl sites for hydroxylation is 1. The van der Waals surface area contributed by atoms with Gasteiger partial charge in [0.25, 0.3) is 5.91 Å². The summed E-state index contributed by atoms with van der Waals surface area (Å²) in [7, 11) is 0. The highest BCUT2D eigenvalue weighted by Crippen LogP contribution is 2.33. The highest BCUT2D eigenvalue weighted by atomic mass is 16.2. The number of hydrogen-bond donors (Lipinski definition) is 2. The van der Waals surface area contributed by atoms with Crippen molar-refractivity contribution >= 4 is 5.91 Å². The molecule has 126 valence electrons. The smallest absolute Gasteiger partial charge is 0.272 e. The van der Waals surface area contributed by atoms with Crippen molar-refractivity contribution in [1.29, 1.82) is 0 Å². The number of para-hydroxylation sites is 1. The molecule has 0 saturated heterocycles. The predicted octanol–water partition coefficient (Wildman–Crippen LogP) is 2.14. The second kappa shape index (κ2) is 6.06. The van der Waals surface area contributed by atoms with Gasteiger partial charge in [0, 0.05) is 23.8 Å². The van der Waals surface area contributed by atoms with E-state index < -0.39 is 0 Å². The molecule has 0 aliphatic heterocycles. The Kier molecular flexibility index (Phi) is 3.88. The van der Waals surface area contributed by atoms with Gasteiger partial charge < -0.3 is 11.1 Å². The molecule has 1 saturated carbocycles. The molecule has 3 N–H and O–H groups in total. The molecule has 1 aromatic carbocycles. The molecule has 1 unspecified atom stereocenters. The molecule has 4 rings (SSSR count). The Labute approximate surface area is 142 Å². The normalized spacial score (nSPS) is 17.6. The molecule has 2 aliphatic rings. The number of hydrogen-bond acceptors (Lipinski definition) is 3. The van der Waals surface area contributed by atoms with Crippen molar-refractivity contribution in [2.24, 2.45) is 11.7 Å². The summed E-state index contributed by atoms with van der Waals surface area (Å²) in [6.07, 6.45) is 5.33. The Bertz CT molecular complexity index is 776. The summed E-state index contributed by atoms with van der Waals surface area (Å²) < 4.78 is 1.97. The first-order valence-electron chi connectivity index (χ1n) is 8.86. The number of nitrogens with two attached hydrogens (primary N) is 1. The van der Waals surface area contributed by atoms with Gasteiger partial charge in [0.15, 0.2) is 5.69 Å². The number of aromatic nitrogens is 2. The van der Waals surface area contributed by atoms with Gasteiger partial charge >= 0.3 is 0 Å². The lowest BCUT2D eigenvalue weighted by Gasteiger charge is -2.15. The van der Waals surface area contributed by atoms with Gasteiger partial charge in [-0.2, -0.15) is 5.10 Å². The molecule has 0 bridgehead atoms. The predicted molar refractivity (Wildman–Crippen MR) is 93.4 cm³/mol. The van der Waals surface area contributed by atoms with Gasteiger partial charge in [-0.25, -0.2) is 4.68 Å². The van der Waals surface area contributed by atoms with Gasteiger partial charge in [-0.3, -0.25) is 4.79 Å². The second-order valence-corrected chi connectivity index (χ2v) is 6.98. The van der Waals surface area contributed by atoms with Crippen molar-refractivity contribution < 1.29 is 4.79 Å². The van der Waals surface area contributed by atoms with Crippen LogP contribution in [0.1, 0.15) is 46.6 Å². The van der Waals surface area contributed by atoms with Gasteiger partial charge in [0.2, 0.25) is 0 Å². The minimum absolute atomic E-state index is 0.0668. The topological polar surface area (TPSA) is 72.9 Å². The zero-order valence-electron chi connectivity index (χ0n) is 14.1. The number of amides is 1. The molecule has 5 heteroatoms. The molecule has 1 fully saturated rings. The molecule has 24 heavy (non-hydrogen) atoms. The summed E-state index contributed by atoms with van der Waals surface area (Å²) in [6.45, 7) is 2.58. The fourth-order valence-electron chi connectivity index (χ4n) is 3.72. The summed E-state index contributed by atoms with van der Waals surface area (Å²) in [5, 5.41) is 7.81. The number of fused-ring (bicyclic) bond motifs is 1. The van der Waals surface area contributed by atoms with Crippen molar-refractivity contribution in [2.45, 2.75) is 45.1 Å². The van der Waals surface area contributed by atoms with Crippen LogP contribution in [0.5, 0.6) is 0 Å². The molecule has 2 aliphatic carbocycles. The highest BCUT2D eigenvalue weighted by Gasteiger charge is 2.33. The molecule has 1 atom stereocenters. The van der Waals surface area contributed by atoms with E-state index in [1.54, 1.807) is 0 Å². The number of rotatable bonds is 5. The van der Waals surface area contributed by atoms with E-state index in [-0.39, 0.29) is 11.9 Å². The minimum Gasteiger partial charge on any atom is -0.346 e. The van der Waals surface area contributed by atoms with Crippen LogP contribution in [0.25, 0.3) is 5.69 Å². The zero-order chi connectivity index (χ0) is 16.7. The van der Waals surface area contributed by atoms with E-state index in [2.05, 4.69) is 24.4 Å². The van der Waals surface area contributed by atoms with Crippen molar-refractivity contribution in [3.63, 3.8) is 0 Å². The van der Waals surface area contributed by atoms with Crippen LogP contribution in [0.3, 0.4) is 0 Å². The lowest BCUT2D eigenvalue weighted by molar-refractivity contribution is 0.0927. The minimum atomic E-state index is -0.0668. The molecule has 5 nitrogen and oxygen atoms in total. The third-order valence-corrected chi connectivity index (χ3v) is 5.25. The van der Waals surface area contributed by atoms with E-state index >= 15 is 0 Å². The average molecular weight is 324 g/mol. The van der Waals surface area contributed by atoms with E-state index in [1.165, 1.54) is 11.3 Å². The second-order valence-electron chi connectivity index (χ2n) is 6.98. The number of nitrogens with zero attached hydrogens (tertiary/aromatic N) is 2. The van der Waals surface area contributed by atoms with Crippen LogP contribution in [0.4, 0.5) is 0 Å². The average Bonchev–Trinajstić information content (AvgIpc) is 3.20. The fraction of sp³-hybridized carbons (Fsp3) is 0.474. The lowest BCUT2D eigenvalue weighted by atomic mass is 10.1. The number of benzene rings is 1. The van der Waals surface area contributed by atoms with E-state index in [4.69, 9.17) is 10.8 Å². The fourth-order valence-corrected chi connectivity index (χ4v) is 3.72. The summed E-state index contributed by atoms with van der Waals surface area (Å²) >= 11 is 0. The number of carbonyl (C=O) groups is 1. The van der Waals surface area contributed by atoms with Crippen LogP contribution in [-0.4, -0.2) is 28.3 Å². The molecular weight excluding hydrogens is 300 g/mol. The summed E-state index contributed by atoms with van der Waals surface area (Å²) in [4.78, 5) is 12.8. The van der Waals surface area contributed by atoms with Gasteiger partial charge in [-0.15, -0.1) is 0 Å². The van der Waals surface area contributed by atoms with Gasteiger partial charge in [-0.1, -0.05) is 18.2 Å². The van der Waals surface area contributed by atoms with Crippen LogP contribution in [0.15, 0.2) is 24.3 Å². The standard InChI is InChI=1S/C19H24N4O/c1-12-5-2-3-7-16(12)23-17-8-4-6-14(17)18(22-23)19(24)21-15(11-20)13-9-10-13/h2-3,5,7,13,15H,4,6,8-11,20H2,1H3,(H,21,24). The molecule has 0 spiro atoms. The Morgan fingerprint density at radius 2 is 2.17 bits per heavy atom. The monoisotopic (exact) mass is 324 g/mol. The summed E-state index contributed by atoms with van der Waals surface area (Å²) in [5.74, 6) is 0.480. The number of nitrogens with one attached hydrogen (secondary N) is 1. The Morgan fingerprint density at radius 3 is 2.88 bits per heavy atom. The van der Waals surface area contributed by atoms with Crippen LogP contribution in [0.2, 0.25) is 0 Å². The summed E-state index contributed by atoms with van der Waals surface area (Å²) in [6, 6.07) is 8.27.